The van der Waals surface area contributed by atoms with Crippen LogP contribution in [-0.2, 0) is 17.8 Å². The molecule has 0 saturated carbocycles. The average molecular weight is 373 g/mol. The smallest absolute Gasteiger partial charge is 0.229 e. The Morgan fingerprint density at radius 1 is 1.18 bits per heavy atom. The molecule has 8 heteroatoms. The van der Waals surface area contributed by atoms with Gasteiger partial charge in [0.1, 0.15) is 5.69 Å². The van der Waals surface area contributed by atoms with Gasteiger partial charge in [-0.25, -0.2) is 0 Å². The molecule has 5 rings (SSSR count). The van der Waals surface area contributed by atoms with Crippen molar-refractivity contribution in [3.05, 3.63) is 60.2 Å². The fraction of sp³-hybridized carbons (Fsp3) is 0.250. The summed E-state index contributed by atoms with van der Waals surface area (Å²) in [7, 11) is 0. The zero-order valence-corrected chi connectivity index (χ0v) is 15.4. The number of amides is 1. The minimum absolute atomic E-state index is 0.0508. The Morgan fingerprint density at radius 3 is 2.89 bits per heavy atom. The number of aromatic nitrogens is 6. The standard InChI is InChI=1S/C20H19N7O/c1-13-11-26(19(28)10-17-14-6-2-3-7-15(14)22-23-17)12-18-24-25-20(27(13)18)16-8-4-5-9-21-16/h2-9,13H,10-12H2,1H3,(H,22,23)/t13-/m0/s1. The molecule has 0 bridgehead atoms. The minimum atomic E-state index is 0.0508. The molecule has 8 nitrogen and oxygen atoms in total. The molecule has 1 aliphatic rings. The quantitative estimate of drug-likeness (QED) is 0.595. The van der Waals surface area contributed by atoms with E-state index >= 15 is 0 Å². The van der Waals surface area contributed by atoms with Crippen LogP contribution in [0.5, 0.6) is 0 Å². The van der Waals surface area contributed by atoms with Crippen molar-refractivity contribution in [1.82, 2.24) is 34.8 Å². The molecule has 0 fully saturated rings. The van der Waals surface area contributed by atoms with Crippen LogP contribution in [-0.4, -0.2) is 47.3 Å². The first-order valence-electron chi connectivity index (χ1n) is 9.25. The number of carbonyl (C=O) groups excluding carboxylic acids is 1. The molecule has 0 unspecified atom stereocenters. The maximum Gasteiger partial charge on any atom is 0.229 e. The van der Waals surface area contributed by atoms with E-state index in [2.05, 4.69) is 36.9 Å². The Labute approximate surface area is 161 Å². The number of nitrogens with one attached hydrogen (secondary N) is 1. The van der Waals surface area contributed by atoms with Crippen LogP contribution in [0.2, 0.25) is 0 Å². The van der Waals surface area contributed by atoms with Crippen molar-refractivity contribution in [2.75, 3.05) is 6.54 Å². The zero-order valence-electron chi connectivity index (χ0n) is 15.4. The second kappa shape index (κ2) is 6.56. The molecule has 4 heterocycles. The monoisotopic (exact) mass is 373 g/mol. The second-order valence-electron chi connectivity index (χ2n) is 7.04. The van der Waals surface area contributed by atoms with Crippen molar-refractivity contribution in [1.29, 1.82) is 0 Å². The van der Waals surface area contributed by atoms with Gasteiger partial charge in [-0.05, 0) is 25.1 Å². The van der Waals surface area contributed by atoms with Crippen LogP contribution in [0.4, 0.5) is 0 Å². The maximum atomic E-state index is 12.9. The third kappa shape index (κ3) is 2.74. The van der Waals surface area contributed by atoms with Crippen LogP contribution in [0.25, 0.3) is 22.4 Å². The van der Waals surface area contributed by atoms with Crippen LogP contribution in [0.3, 0.4) is 0 Å². The molecule has 4 aromatic rings. The van der Waals surface area contributed by atoms with Gasteiger partial charge in [0.25, 0.3) is 0 Å². The first-order chi connectivity index (χ1) is 13.7. The highest BCUT2D eigenvalue weighted by molar-refractivity contribution is 5.87. The van der Waals surface area contributed by atoms with E-state index in [0.717, 1.165) is 33.9 Å². The lowest BCUT2D eigenvalue weighted by Crippen LogP contribution is -2.41. The predicted molar refractivity (Wildman–Crippen MR) is 103 cm³/mol. The third-order valence-corrected chi connectivity index (χ3v) is 5.14. The molecule has 1 aliphatic heterocycles. The molecule has 1 amide bonds. The van der Waals surface area contributed by atoms with Gasteiger partial charge in [0, 0.05) is 18.1 Å². The van der Waals surface area contributed by atoms with E-state index in [0.29, 0.717) is 13.1 Å². The molecular formula is C20H19N7O. The molecule has 0 spiro atoms. The van der Waals surface area contributed by atoms with E-state index in [4.69, 9.17) is 0 Å². The third-order valence-electron chi connectivity index (χ3n) is 5.14. The summed E-state index contributed by atoms with van der Waals surface area (Å²) >= 11 is 0. The summed E-state index contributed by atoms with van der Waals surface area (Å²) in [6.07, 6.45) is 2.03. The Kier molecular flexibility index (Phi) is 3.89. The Morgan fingerprint density at radius 2 is 2.04 bits per heavy atom. The van der Waals surface area contributed by atoms with Gasteiger partial charge in [-0.3, -0.25) is 14.9 Å². The lowest BCUT2D eigenvalue weighted by Gasteiger charge is -2.32. The molecule has 0 aliphatic carbocycles. The Hall–Kier alpha value is -3.55. The first kappa shape index (κ1) is 16.6. The van der Waals surface area contributed by atoms with Gasteiger partial charge in [0.05, 0.1) is 30.2 Å². The van der Waals surface area contributed by atoms with Gasteiger partial charge in [-0.2, -0.15) is 5.10 Å². The summed E-state index contributed by atoms with van der Waals surface area (Å²) in [6.45, 7) is 3.12. The molecule has 0 radical (unpaired) electrons. The molecule has 28 heavy (non-hydrogen) atoms. The number of benzene rings is 1. The number of pyridine rings is 1. The number of carbonyl (C=O) groups is 1. The van der Waals surface area contributed by atoms with E-state index in [1.165, 1.54) is 0 Å². The average Bonchev–Trinajstić information content (AvgIpc) is 3.33. The number of H-pyrrole nitrogens is 1. The molecule has 1 aromatic carbocycles. The van der Waals surface area contributed by atoms with Crippen LogP contribution in [0, 0.1) is 0 Å². The lowest BCUT2D eigenvalue weighted by molar-refractivity contribution is -0.132. The lowest BCUT2D eigenvalue weighted by atomic mass is 10.1. The highest BCUT2D eigenvalue weighted by atomic mass is 16.2. The number of para-hydroxylation sites is 1. The summed E-state index contributed by atoms with van der Waals surface area (Å²) in [5, 5.41) is 16.9. The summed E-state index contributed by atoms with van der Waals surface area (Å²) in [5.74, 6) is 1.58. The van der Waals surface area contributed by atoms with Crippen molar-refractivity contribution in [3.8, 4) is 11.5 Å². The van der Waals surface area contributed by atoms with E-state index in [1.807, 2.05) is 47.4 Å². The van der Waals surface area contributed by atoms with Crippen LogP contribution in [0.1, 0.15) is 24.5 Å². The number of nitrogens with zero attached hydrogens (tertiary/aromatic N) is 6. The van der Waals surface area contributed by atoms with Gasteiger partial charge in [-0.15, -0.1) is 10.2 Å². The predicted octanol–water partition coefficient (Wildman–Crippen LogP) is 2.36. The van der Waals surface area contributed by atoms with Crippen molar-refractivity contribution in [2.45, 2.75) is 25.9 Å². The molecule has 1 N–H and O–H groups in total. The van der Waals surface area contributed by atoms with E-state index in [9.17, 15) is 4.79 Å². The molecule has 0 saturated heterocycles. The number of aromatic amines is 1. The summed E-state index contributed by atoms with van der Waals surface area (Å²) < 4.78 is 2.08. The first-order valence-corrected chi connectivity index (χ1v) is 9.25. The fourth-order valence-corrected chi connectivity index (χ4v) is 3.80. The largest absolute Gasteiger partial charge is 0.333 e. The number of fused-ring (bicyclic) bond motifs is 2. The van der Waals surface area contributed by atoms with Gasteiger partial charge in [0.2, 0.25) is 5.91 Å². The van der Waals surface area contributed by atoms with Crippen molar-refractivity contribution in [2.24, 2.45) is 0 Å². The van der Waals surface area contributed by atoms with Crippen LogP contribution in [0.15, 0.2) is 48.7 Å². The van der Waals surface area contributed by atoms with Gasteiger partial charge >= 0.3 is 0 Å². The molecular weight excluding hydrogens is 354 g/mol. The van der Waals surface area contributed by atoms with E-state index < -0.39 is 0 Å². The summed E-state index contributed by atoms with van der Waals surface area (Å²) in [5.41, 5.74) is 2.50. The Balaban J connectivity index is 1.39. The Bertz CT molecular complexity index is 1150. The van der Waals surface area contributed by atoms with Crippen LogP contribution >= 0.6 is 0 Å². The van der Waals surface area contributed by atoms with Gasteiger partial charge < -0.3 is 9.47 Å². The van der Waals surface area contributed by atoms with Crippen molar-refractivity contribution >= 4 is 16.8 Å². The highest BCUT2D eigenvalue weighted by Gasteiger charge is 2.30. The van der Waals surface area contributed by atoms with Crippen molar-refractivity contribution < 1.29 is 4.79 Å². The molecule has 140 valence electrons. The van der Waals surface area contributed by atoms with Crippen molar-refractivity contribution in [3.63, 3.8) is 0 Å². The zero-order chi connectivity index (χ0) is 19.1. The molecule has 1 atom stereocenters. The number of hydrogen-bond donors (Lipinski definition) is 1. The van der Waals surface area contributed by atoms with E-state index in [1.54, 1.807) is 6.20 Å². The topological polar surface area (TPSA) is 92.6 Å². The minimum Gasteiger partial charge on any atom is -0.333 e. The maximum absolute atomic E-state index is 12.9. The highest BCUT2D eigenvalue weighted by Crippen LogP contribution is 2.27. The summed E-state index contributed by atoms with van der Waals surface area (Å²) in [6, 6.07) is 13.6. The second-order valence-corrected chi connectivity index (χ2v) is 7.04. The number of hydrogen-bond acceptors (Lipinski definition) is 5. The summed E-state index contributed by atoms with van der Waals surface area (Å²) in [4.78, 5) is 19.2. The van der Waals surface area contributed by atoms with E-state index in [-0.39, 0.29) is 18.4 Å². The van der Waals surface area contributed by atoms with Gasteiger partial charge in [0.15, 0.2) is 11.6 Å². The van der Waals surface area contributed by atoms with Crippen LogP contribution < -0.4 is 0 Å². The SMILES string of the molecule is C[C@H]1CN(C(=O)Cc2[nH]nc3ccccc23)Cc2nnc(-c3ccccn3)n21. The fourth-order valence-electron chi connectivity index (χ4n) is 3.80. The number of rotatable bonds is 3. The normalized spacial score (nSPS) is 16.3. The molecule has 3 aromatic heterocycles. The van der Waals surface area contributed by atoms with Gasteiger partial charge in [-0.1, -0.05) is 24.3 Å².